The van der Waals surface area contributed by atoms with Gasteiger partial charge in [0.2, 0.25) is 0 Å². The van der Waals surface area contributed by atoms with E-state index in [1.54, 1.807) is 24.5 Å². The van der Waals surface area contributed by atoms with Gasteiger partial charge in [-0.3, -0.25) is 4.79 Å². The molecule has 0 atom stereocenters. The van der Waals surface area contributed by atoms with Crippen LogP contribution in [0.2, 0.25) is 0 Å². The standard InChI is InChI=1S/C19H18O3/c1-2-3-13-22-16-10-11-17(19(21)14-16)18(20)12-9-15-7-5-4-6-8-15/h3-14,21H,2H2,1H3/b12-9+,13-3?. The van der Waals surface area contributed by atoms with Gasteiger partial charge in [-0.2, -0.15) is 0 Å². The van der Waals surface area contributed by atoms with Crippen molar-refractivity contribution in [1.29, 1.82) is 0 Å². The Morgan fingerprint density at radius 2 is 1.95 bits per heavy atom. The topological polar surface area (TPSA) is 46.5 Å². The molecule has 3 heteroatoms. The molecule has 3 nitrogen and oxygen atoms in total. The SMILES string of the molecule is CCC=COc1ccc(C(=O)/C=C/c2ccccc2)c(O)c1. The number of carbonyl (C=O) groups excluding carboxylic acids is 1. The molecule has 2 aromatic carbocycles. The fraction of sp³-hybridized carbons (Fsp3) is 0.105. The van der Waals surface area contributed by atoms with Gasteiger partial charge in [0, 0.05) is 6.07 Å². The van der Waals surface area contributed by atoms with E-state index < -0.39 is 0 Å². The fourth-order valence-corrected chi connectivity index (χ4v) is 1.84. The molecule has 0 amide bonds. The Morgan fingerprint density at radius 1 is 1.18 bits per heavy atom. The number of benzene rings is 2. The Labute approximate surface area is 130 Å². The summed E-state index contributed by atoms with van der Waals surface area (Å²) in [6.07, 6.45) is 7.45. The number of carbonyl (C=O) groups is 1. The van der Waals surface area contributed by atoms with Crippen molar-refractivity contribution in [2.24, 2.45) is 0 Å². The molecule has 0 saturated carbocycles. The van der Waals surface area contributed by atoms with Crippen LogP contribution in [0.25, 0.3) is 6.08 Å². The van der Waals surface area contributed by atoms with Gasteiger partial charge in [0.25, 0.3) is 0 Å². The molecule has 0 fully saturated rings. The van der Waals surface area contributed by atoms with Crippen molar-refractivity contribution < 1.29 is 14.6 Å². The van der Waals surface area contributed by atoms with E-state index in [-0.39, 0.29) is 17.1 Å². The minimum Gasteiger partial charge on any atom is -0.507 e. The normalized spacial score (nSPS) is 11.1. The van der Waals surface area contributed by atoms with Gasteiger partial charge in [-0.25, -0.2) is 0 Å². The summed E-state index contributed by atoms with van der Waals surface area (Å²) in [6, 6.07) is 14.2. The fourth-order valence-electron chi connectivity index (χ4n) is 1.84. The third kappa shape index (κ3) is 4.35. The van der Waals surface area contributed by atoms with E-state index >= 15 is 0 Å². The molecule has 1 N–H and O–H groups in total. The molecule has 0 bridgehead atoms. The van der Waals surface area contributed by atoms with E-state index in [2.05, 4.69) is 0 Å². The van der Waals surface area contributed by atoms with Crippen LogP contribution in [0.5, 0.6) is 11.5 Å². The number of hydrogen-bond donors (Lipinski definition) is 1. The van der Waals surface area contributed by atoms with Gasteiger partial charge < -0.3 is 9.84 Å². The number of phenols is 1. The van der Waals surface area contributed by atoms with Gasteiger partial charge in [0.15, 0.2) is 5.78 Å². The van der Waals surface area contributed by atoms with Crippen molar-refractivity contribution in [3.63, 3.8) is 0 Å². The molecule has 0 aliphatic carbocycles. The lowest BCUT2D eigenvalue weighted by Gasteiger charge is -2.04. The van der Waals surface area contributed by atoms with Gasteiger partial charge in [-0.05, 0) is 36.3 Å². The molecule has 22 heavy (non-hydrogen) atoms. The van der Waals surface area contributed by atoms with E-state index in [0.717, 1.165) is 12.0 Å². The van der Waals surface area contributed by atoms with Crippen molar-refractivity contribution >= 4 is 11.9 Å². The highest BCUT2D eigenvalue weighted by atomic mass is 16.5. The third-order valence-electron chi connectivity index (χ3n) is 3.00. The first-order chi connectivity index (χ1) is 10.7. The second-order valence-corrected chi connectivity index (χ2v) is 4.69. The van der Waals surface area contributed by atoms with Crippen LogP contribution in [0.4, 0.5) is 0 Å². The maximum Gasteiger partial charge on any atom is 0.189 e. The lowest BCUT2D eigenvalue weighted by atomic mass is 10.1. The smallest absolute Gasteiger partial charge is 0.189 e. The predicted octanol–water partition coefficient (Wildman–Crippen LogP) is 4.59. The average Bonchev–Trinajstić information content (AvgIpc) is 2.54. The molecule has 112 valence electrons. The average molecular weight is 294 g/mol. The number of phenolic OH excluding ortho intramolecular Hbond substituents is 1. The Morgan fingerprint density at radius 3 is 2.64 bits per heavy atom. The molecule has 0 aromatic heterocycles. The molecule has 2 rings (SSSR count). The lowest BCUT2D eigenvalue weighted by Crippen LogP contribution is -1.95. The highest BCUT2D eigenvalue weighted by Crippen LogP contribution is 2.24. The first-order valence-corrected chi connectivity index (χ1v) is 7.13. The molecule has 0 radical (unpaired) electrons. The van der Waals surface area contributed by atoms with Gasteiger partial charge in [0.1, 0.15) is 11.5 Å². The number of hydrogen-bond acceptors (Lipinski definition) is 3. The minimum absolute atomic E-state index is 0.0925. The molecule has 0 aliphatic rings. The van der Waals surface area contributed by atoms with Crippen LogP contribution in [-0.4, -0.2) is 10.9 Å². The van der Waals surface area contributed by atoms with E-state index in [0.29, 0.717) is 5.75 Å². The highest BCUT2D eigenvalue weighted by molar-refractivity contribution is 6.08. The van der Waals surface area contributed by atoms with Gasteiger partial charge in [-0.1, -0.05) is 43.3 Å². The Bertz CT molecular complexity index is 685. The summed E-state index contributed by atoms with van der Waals surface area (Å²) >= 11 is 0. The molecule has 2 aromatic rings. The second kappa shape index (κ2) is 7.84. The van der Waals surface area contributed by atoms with Crippen molar-refractivity contribution in [2.45, 2.75) is 13.3 Å². The van der Waals surface area contributed by atoms with Crippen LogP contribution >= 0.6 is 0 Å². The molecular weight excluding hydrogens is 276 g/mol. The van der Waals surface area contributed by atoms with Gasteiger partial charge in [0.05, 0.1) is 11.8 Å². The molecule has 0 aliphatic heterocycles. The molecule has 0 spiro atoms. The quantitative estimate of drug-likeness (QED) is 0.481. The van der Waals surface area contributed by atoms with Crippen molar-refractivity contribution in [2.75, 3.05) is 0 Å². The predicted molar refractivity (Wildman–Crippen MR) is 88.0 cm³/mol. The van der Waals surface area contributed by atoms with Gasteiger partial charge in [-0.15, -0.1) is 0 Å². The van der Waals surface area contributed by atoms with Crippen molar-refractivity contribution in [3.05, 3.63) is 78.1 Å². The molecule has 0 heterocycles. The Kier molecular flexibility index (Phi) is 5.55. The Balaban J connectivity index is 2.10. The number of allylic oxidation sites excluding steroid dienone is 2. The molecular formula is C19H18O3. The van der Waals surface area contributed by atoms with E-state index in [1.807, 2.05) is 43.3 Å². The summed E-state index contributed by atoms with van der Waals surface area (Å²) in [5, 5.41) is 9.96. The summed E-state index contributed by atoms with van der Waals surface area (Å²) in [4.78, 5) is 12.1. The second-order valence-electron chi connectivity index (χ2n) is 4.69. The van der Waals surface area contributed by atoms with Crippen LogP contribution in [0.1, 0.15) is 29.3 Å². The number of aromatic hydroxyl groups is 1. The summed E-state index contributed by atoms with van der Waals surface area (Å²) < 4.78 is 5.32. The number of ketones is 1. The van der Waals surface area contributed by atoms with Crippen LogP contribution in [0.15, 0.2) is 66.9 Å². The maximum absolute atomic E-state index is 12.1. The van der Waals surface area contributed by atoms with E-state index in [1.165, 1.54) is 12.1 Å². The largest absolute Gasteiger partial charge is 0.507 e. The van der Waals surface area contributed by atoms with Crippen molar-refractivity contribution in [3.8, 4) is 11.5 Å². The number of ether oxygens (including phenoxy) is 1. The summed E-state index contributed by atoms with van der Waals surface area (Å²) in [6.45, 7) is 2.00. The van der Waals surface area contributed by atoms with Gasteiger partial charge >= 0.3 is 0 Å². The van der Waals surface area contributed by atoms with Crippen LogP contribution < -0.4 is 4.74 Å². The zero-order valence-corrected chi connectivity index (χ0v) is 12.4. The zero-order valence-electron chi connectivity index (χ0n) is 12.4. The maximum atomic E-state index is 12.1. The molecule has 0 saturated heterocycles. The summed E-state index contributed by atoms with van der Waals surface area (Å²) in [7, 11) is 0. The highest BCUT2D eigenvalue weighted by Gasteiger charge is 2.09. The third-order valence-corrected chi connectivity index (χ3v) is 3.00. The molecule has 0 unspecified atom stereocenters. The van der Waals surface area contributed by atoms with Crippen LogP contribution in [0.3, 0.4) is 0 Å². The van der Waals surface area contributed by atoms with Crippen LogP contribution in [-0.2, 0) is 0 Å². The lowest BCUT2D eigenvalue weighted by molar-refractivity contribution is 0.104. The van der Waals surface area contributed by atoms with E-state index in [9.17, 15) is 9.90 Å². The van der Waals surface area contributed by atoms with Crippen LogP contribution in [0, 0.1) is 0 Å². The monoisotopic (exact) mass is 294 g/mol. The Hall–Kier alpha value is -2.81. The minimum atomic E-state index is -0.253. The summed E-state index contributed by atoms with van der Waals surface area (Å²) in [5.41, 5.74) is 1.18. The van der Waals surface area contributed by atoms with E-state index in [4.69, 9.17) is 4.74 Å². The number of rotatable bonds is 6. The first-order valence-electron chi connectivity index (χ1n) is 7.13. The summed E-state index contributed by atoms with van der Waals surface area (Å²) in [5.74, 6) is 0.146. The van der Waals surface area contributed by atoms with Crippen molar-refractivity contribution in [1.82, 2.24) is 0 Å². The zero-order chi connectivity index (χ0) is 15.8. The first kappa shape index (κ1) is 15.6.